The second-order valence-corrected chi connectivity index (χ2v) is 7.92. The van der Waals surface area contributed by atoms with E-state index in [0.29, 0.717) is 35.5 Å². The van der Waals surface area contributed by atoms with E-state index < -0.39 is 0 Å². The van der Waals surface area contributed by atoms with Crippen molar-refractivity contribution >= 4 is 40.5 Å². The number of urea groups is 1. The highest BCUT2D eigenvalue weighted by Gasteiger charge is 2.08. The summed E-state index contributed by atoms with van der Waals surface area (Å²) in [7, 11) is 0. The summed E-state index contributed by atoms with van der Waals surface area (Å²) in [5, 5.41) is 12.2. The molecule has 0 radical (unpaired) electrons. The van der Waals surface area contributed by atoms with Gasteiger partial charge in [-0.3, -0.25) is 0 Å². The van der Waals surface area contributed by atoms with Crippen molar-refractivity contribution in [2.75, 3.05) is 27.9 Å². The number of benzene rings is 3. The average molecular weight is 469 g/mol. The van der Waals surface area contributed by atoms with E-state index in [1.807, 2.05) is 74.5 Å². The Labute approximate surface area is 204 Å². The first-order valence-corrected chi connectivity index (χ1v) is 11.3. The van der Waals surface area contributed by atoms with E-state index in [0.717, 1.165) is 17.1 Å². The highest BCUT2D eigenvalue weighted by molar-refractivity contribution is 6.00. The summed E-state index contributed by atoms with van der Waals surface area (Å²) in [6.45, 7) is 6.39. The molecule has 0 bridgehead atoms. The average Bonchev–Trinajstić information content (AvgIpc) is 2.83. The van der Waals surface area contributed by atoms with E-state index in [9.17, 15) is 4.79 Å². The van der Waals surface area contributed by atoms with Crippen molar-refractivity contribution in [1.29, 1.82) is 0 Å². The minimum Gasteiger partial charge on any atom is -0.492 e. The van der Waals surface area contributed by atoms with Crippen LogP contribution in [0.2, 0.25) is 0 Å². The summed E-state index contributed by atoms with van der Waals surface area (Å²) >= 11 is 0. The Morgan fingerprint density at radius 3 is 2.20 bits per heavy atom. The maximum Gasteiger partial charge on any atom is 0.323 e. The number of nitrogens with one attached hydrogen (secondary N) is 4. The Balaban J connectivity index is 1.38. The summed E-state index contributed by atoms with van der Waals surface area (Å²) in [5.41, 5.74) is 5.04. The van der Waals surface area contributed by atoms with Crippen LogP contribution in [0, 0.1) is 13.8 Å². The first kappa shape index (κ1) is 23.6. The second-order valence-electron chi connectivity index (χ2n) is 7.92. The Bertz CT molecular complexity index is 1290. The molecule has 8 heteroatoms. The maximum atomic E-state index is 12.4. The van der Waals surface area contributed by atoms with Gasteiger partial charge >= 0.3 is 6.03 Å². The standard InChI is InChI=1S/C27H28N6O2/c1-4-35-24-8-6-5-7-23(24)32-27(34)31-22-15-13-21(14-16-22)30-26-28-19(3)17-25(33-26)29-20-11-9-18(2)10-12-20/h5-17H,4H2,1-3H3,(H2,31,32,34)(H2,28,29,30,33). The molecule has 1 aromatic heterocycles. The molecule has 4 N–H and O–H groups in total. The van der Waals surface area contributed by atoms with Crippen molar-refractivity contribution in [3.8, 4) is 5.75 Å². The van der Waals surface area contributed by atoms with Crippen LogP contribution in [-0.2, 0) is 0 Å². The third-order valence-corrected chi connectivity index (χ3v) is 5.01. The largest absolute Gasteiger partial charge is 0.492 e. The van der Waals surface area contributed by atoms with Crippen molar-refractivity contribution < 1.29 is 9.53 Å². The molecule has 0 saturated carbocycles. The Morgan fingerprint density at radius 2 is 1.46 bits per heavy atom. The van der Waals surface area contributed by atoms with Gasteiger partial charge in [-0.2, -0.15) is 4.98 Å². The lowest BCUT2D eigenvalue weighted by molar-refractivity contribution is 0.262. The number of nitrogens with zero attached hydrogens (tertiary/aromatic N) is 2. The molecule has 8 nitrogen and oxygen atoms in total. The molecule has 0 saturated heterocycles. The van der Waals surface area contributed by atoms with Crippen LogP contribution in [0.1, 0.15) is 18.2 Å². The van der Waals surface area contributed by atoms with Crippen molar-refractivity contribution in [2.45, 2.75) is 20.8 Å². The predicted octanol–water partition coefficient (Wildman–Crippen LogP) is 6.62. The number of anilines is 6. The first-order valence-electron chi connectivity index (χ1n) is 11.3. The lowest BCUT2D eigenvalue weighted by Gasteiger charge is -2.13. The normalized spacial score (nSPS) is 10.4. The molecule has 178 valence electrons. The molecule has 0 fully saturated rings. The van der Waals surface area contributed by atoms with Gasteiger partial charge in [-0.15, -0.1) is 0 Å². The number of aryl methyl sites for hydroxylation is 2. The van der Waals surface area contributed by atoms with Gasteiger partial charge < -0.3 is 26.0 Å². The minimum atomic E-state index is -0.355. The number of para-hydroxylation sites is 2. The van der Waals surface area contributed by atoms with Crippen LogP contribution in [0.25, 0.3) is 0 Å². The van der Waals surface area contributed by atoms with Crippen LogP contribution >= 0.6 is 0 Å². The molecule has 35 heavy (non-hydrogen) atoms. The van der Waals surface area contributed by atoms with Gasteiger partial charge in [0.05, 0.1) is 12.3 Å². The molecular weight excluding hydrogens is 440 g/mol. The quantitative estimate of drug-likeness (QED) is 0.232. The predicted molar refractivity (Wildman–Crippen MR) is 141 cm³/mol. The van der Waals surface area contributed by atoms with Crippen LogP contribution in [0.5, 0.6) is 5.75 Å². The van der Waals surface area contributed by atoms with Crippen LogP contribution in [0.4, 0.5) is 39.3 Å². The lowest BCUT2D eigenvalue weighted by atomic mass is 10.2. The van der Waals surface area contributed by atoms with Crippen molar-refractivity contribution in [3.05, 3.63) is 90.1 Å². The lowest BCUT2D eigenvalue weighted by Crippen LogP contribution is -2.19. The van der Waals surface area contributed by atoms with Gasteiger partial charge in [-0.1, -0.05) is 29.8 Å². The molecule has 4 aromatic rings. The Hall–Kier alpha value is -4.59. The molecular formula is C27H28N6O2. The van der Waals surface area contributed by atoms with E-state index in [-0.39, 0.29) is 6.03 Å². The zero-order chi connectivity index (χ0) is 24.6. The molecule has 0 aliphatic rings. The fraction of sp³-hybridized carbons (Fsp3) is 0.148. The zero-order valence-corrected chi connectivity index (χ0v) is 19.9. The van der Waals surface area contributed by atoms with E-state index in [4.69, 9.17) is 4.74 Å². The third-order valence-electron chi connectivity index (χ3n) is 5.01. The van der Waals surface area contributed by atoms with Gasteiger partial charge in [0.2, 0.25) is 5.95 Å². The van der Waals surface area contributed by atoms with Crippen molar-refractivity contribution in [3.63, 3.8) is 0 Å². The molecule has 3 aromatic carbocycles. The van der Waals surface area contributed by atoms with E-state index in [2.05, 4.69) is 38.2 Å². The molecule has 4 rings (SSSR count). The van der Waals surface area contributed by atoms with Crippen LogP contribution in [0.3, 0.4) is 0 Å². The molecule has 0 spiro atoms. The number of hydrogen-bond acceptors (Lipinski definition) is 6. The fourth-order valence-electron chi connectivity index (χ4n) is 3.38. The third kappa shape index (κ3) is 6.70. The summed E-state index contributed by atoms with van der Waals surface area (Å²) in [6, 6.07) is 24.3. The number of carbonyl (C=O) groups is 1. The topological polar surface area (TPSA) is 100 Å². The molecule has 0 atom stereocenters. The SMILES string of the molecule is CCOc1ccccc1NC(=O)Nc1ccc(Nc2nc(C)cc(Nc3ccc(C)cc3)n2)cc1. The summed E-state index contributed by atoms with van der Waals surface area (Å²) in [4.78, 5) is 21.5. The highest BCUT2D eigenvalue weighted by Crippen LogP contribution is 2.24. The number of ether oxygens (including phenoxy) is 1. The van der Waals surface area contributed by atoms with E-state index >= 15 is 0 Å². The molecule has 2 amide bonds. The molecule has 1 heterocycles. The number of aromatic nitrogens is 2. The van der Waals surface area contributed by atoms with Gasteiger partial charge in [0.1, 0.15) is 11.6 Å². The number of hydrogen-bond donors (Lipinski definition) is 4. The zero-order valence-electron chi connectivity index (χ0n) is 19.9. The number of carbonyl (C=O) groups excluding carboxylic acids is 1. The maximum absolute atomic E-state index is 12.4. The van der Waals surface area contributed by atoms with Gasteiger partial charge in [0.25, 0.3) is 0 Å². The van der Waals surface area contributed by atoms with Gasteiger partial charge in [-0.25, -0.2) is 9.78 Å². The minimum absolute atomic E-state index is 0.355. The van der Waals surface area contributed by atoms with Crippen LogP contribution in [0.15, 0.2) is 78.9 Å². The van der Waals surface area contributed by atoms with Crippen LogP contribution in [-0.4, -0.2) is 22.6 Å². The van der Waals surface area contributed by atoms with Crippen molar-refractivity contribution in [1.82, 2.24) is 9.97 Å². The fourth-order valence-corrected chi connectivity index (χ4v) is 3.38. The monoisotopic (exact) mass is 468 g/mol. The molecule has 0 unspecified atom stereocenters. The van der Waals surface area contributed by atoms with E-state index in [1.165, 1.54) is 5.56 Å². The summed E-state index contributed by atoms with van der Waals surface area (Å²) in [6.07, 6.45) is 0. The van der Waals surface area contributed by atoms with Gasteiger partial charge in [-0.05, 0) is 69.3 Å². The Kier molecular flexibility index (Phi) is 7.42. The first-order chi connectivity index (χ1) is 17.0. The van der Waals surface area contributed by atoms with Crippen LogP contribution < -0.4 is 26.0 Å². The molecule has 0 aliphatic heterocycles. The highest BCUT2D eigenvalue weighted by atomic mass is 16.5. The number of amides is 2. The smallest absolute Gasteiger partial charge is 0.323 e. The van der Waals surface area contributed by atoms with Crippen molar-refractivity contribution in [2.24, 2.45) is 0 Å². The summed E-state index contributed by atoms with van der Waals surface area (Å²) in [5.74, 6) is 1.80. The van der Waals surface area contributed by atoms with Gasteiger partial charge in [0.15, 0.2) is 0 Å². The van der Waals surface area contributed by atoms with Gasteiger partial charge in [0, 0.05) is 28.8 Å². The Morgan fingerprint density at radius 1 is 0.800 bits per heavy atom. The number of rotatable bonds is 8. The summed E-state index contributed by atoms with van der Waals surface area (Å²) < 4.78 is 5.55. The van der Waals surface area contributed by atoms with E-state index in [1.54, 1.807) is 18.2 Å². The molecule has 0 aliphatic carbocycles. The second kappa shape index (κ2) is 11.0.